The zero-order valence-corrected chi connectivity index (χ0v) is 12.1. The molecule has 1 fully saturated rings. The lowest BCUT2D eigenvalue weighted by Crippen LogP contribution is -2.40. The van der Waals surface area contributed by atoms with E-state index in [1.807, 2.05) is 0 Å². The van der Waals surface area contributed by atoms with E-state index in [9.17, 15) is 9.59 Å². The molecule has 1 aromatic heterocycles. The summed E-state index contributed by atoms with van der Waals surface area (Å²) in [5, 5.41) is 3.99. The van der Waals surface area contributed by atoms with Crippen LogP contribution in [0, 0.1) is 18.3 Å². The molecule has 0 atom stereocenters. The lowest BCUT2D eigenvalue weighted by molar-refractivity contribution is 0.0575. The standard InChI is InChI=1S/C15H19N3O3/c1-3-10-21-11-12-6-8-18(9-7-12)15(20)13-4-5-14(19)17(2)16-13/h1,4-5,12H,6-11H2,2H3. The molecule has 0 aromatic carbocycles. The highest BCUT2D eigenvalue weighted by molar-refractivity contribution is 5.92. The molecule has 0 N–H and O–H groups in total. The van der Waals surface area contributed by atoms with Crippen molar-refractivity contribution >= 4 is 5.91 Å². The summed E-state index contributed by atoms with van der Waals surface area (Å²) in [6.07, 6.45) is 6.92. The maximum atomic E-state index is 12.3. The molecule has 0 aliphatic carbocycles. The molecular formula is C15H19N3O3. The number of amides is 1. The van der Waals surface area contributed by atoms with Gasteiger partial charge in [0.2, 0.25) is 0 Å². The molecule has 2 heterocycles. The van der Waals surface area contributed by atoms with Crippen LogP contribution in [0.25, 0.3) is 0 Å². The van der Waals surface area contributed by atoms with Gasteiger partial charge in [-0.1, -0.05) is 5.92 Å². The van der Waals surface area contributed by atoms with E-state index in [-0.39, 0.29) is 11.5 Å². The predicted octanol–water partition coefficient (Wildman–Crippen LogP) is 0.282. The summed E-state index contributed by atoms with van der Waals surface area (Å²) < 4.78 is 6.52. The molecule has 0 radical (unpaired) electrons. The van der Waals surface area contributed by atoms with Gasteiger partial charge in [0.15, 0.2) is 0 Å². The van der Waals surface area contributed by atoms with Crippen molar-refractivity contribution in [1.82, 2.24) is 14.7 Å². The summed E-state index contributed by atoms with van der Waals surface area (Å²) in [7, 11) is 1.54. The second kappa shape index (κ2) is 7.04. The second-order valence-corrected chi connectivity index (χ2v) is 5.14. The molecular weight excluding hydrogens is 270 g/mol. The largest absolute Gasteiger partial charge is 0.369 e. The number of likely N-dealkylation sites (tertiary alicyclic amines) is 1. The highest BCUT2D eigenvalue weighted by Gasteiger charge is 2.24. The van der Waals surface area contributed by atoms with Gasteiger partial charge in [-0.25, -0.2) is 4.68 Å². The van der Waals surface area contributed by atoms with Crippen molar-refractivity contribution < 1.29 is 9.53 Å². The van der Waals surface area contributed by atoms with Gasteiger partial charge in [-0.2, -0.15) is 5.10 Å². The molecule has 0 spiro atoms. The van der Waals surface area contributed by atoms with E-state index in [1.54, 1.807) is 4.90 Å². The maximum absolute atomic E-state index is 12.3. The molecule has 1 aromatic rings. The average Bonchev–Trinajstić information content (AvgIpc) is 2.50. The van der Waals surface area contributed by atoms with Crippen molar-refractivity contribution in [3.63, 3.8) is 0 Å². The Labute approximate surface area is 123 Å². The van der Waals surface area contributed by atoms with Crippen LogP contribution in [0.2, 0.25) is 0 Å². The van der Waals surface area contributed by atoms with E-state index >= 15 is 0 Å². The first-order valence-electron chi connectivity index (χ1n) is 6.96. The number of aryl methyl sites for hydroxylation is 1. The molecule has 21 heavy (non-hydrogen) atoms. The van der Waals surface area contributed by atoms with E-state index < -0.39 is 0 Å². The summed E-state index contributed by atoms with van der Waals surface area (Å²) in [5.74, 6) is 2.75. The Morgan fingerprint density at radius 1 is 1.48 bits per heavy atom. The number of hydrogen-bond acceptors (Lipinski definition) is 4. The van der Waals surface area contributed by atoms with Crippen LogP contribution < -0.4 is 5.56 Å². The number of carbonyl (C=O) groups is 1. The molecule has 6 heteroatoms. The molecule has 0 saturated carbocycles. The fraction of sp³-hybridized carbons (Fsp3) is 0.533. The third-order valence-electron chi connectivity index (χ3n) is 3.62. The summed E-state index contributed by atoms with van der Waals surface area (Å²) >= 11 is 0. The lowest BCUT2D eigenvalue weighted by Gasteiger charge is -2.31. The van der Waals surface area contributed by atoms with E-state index in [0.717, 1.165) is 12.8 Å². The molecule has 112 valence electrons. The van der Waals surface area contributed by atoms with Crippen LogP contribution in [-0.2, 0) is 11.8 Å². The first-order chi connectivity index (χ1) is 10.1. The van der Waals surface area contributed by atoms with Crippen molar-refractivity contribution in [3.05, 3.63) is 28.2 Å². The summed E-state index contributed by atoms with van der Waals surface area (Å²) in [4.78, 5) is 25.4. The van der Waals surface area contributed by atoms with Gasteiger partial charge in [-0.05, 0) is 24.8 Å². The topological polar surface area (TPSA) is 64.4 Å². The number of ether oxygens (including phenoxy) is 1. The van der Waals surface area contributed by atoms with Gasteiger partial charge >= 0.3 is 0 Å². The Morgan fingerprint density at radius 3 is 2.81 bits per heavy atom. The molecule has 0 bridgehead atoms. The smallest absolute Gasteiger partial charge is 0.274 e. The SMILES string of the molecule is C#CCOCC1CCN(C(=O)c2ccc(=O)n(C)n2)CC1. The normalized spacial score (nSPS) is 15.7. The molecule has 1 saturated heterocycles. The highest BCUT2D eigenvalue weighted by atomic mass is 16.5. The molecule has 1 amide bonds. The second-order valence-electron chi connectivity index (χ2n) is 5.14. The maximum Gasteiger partial charge on any atom is 0.274 e. The molecule has 6 nitrogen and oxygen atoms in total. The van der Waals surface area contributed by atoms with E-state index in [2.05, 4.69) is 11.0 Å². The van der Waals surface area contributed by atoms with Crippen molar-refractivity contribution in [3.8, 4) is 12.3 Å². The number of carbonyl (C=O) groups excluding carboxylic acids is 1. The Kier molecular flexibility index (Phi) is 5.12. The van der Waals surface area contributed by atoms with E-state index in [1.165, 1.54) is 23.9 Å². The Balaban J connectivity index is 1.89. The molecule has 1 aliphatic rings. The van der Waals surface area contributed by atoms with Crippen molar-refractivity contribution in [2.75, 3.05) is 26.3 Å². The van der Waals surface area contributed by atoms with Gasteiger partial charge in [0.05, 0.1) is 6.61 Å². The van der Waals surface area contributed by atoms with Crippen LogP contribution in [-0.4, -0.2) is 46.9 Å². The molecule has 0 unspecified atom stereocenters. The van der Waals surface area contributed by atoms with Crippen LogP contribution in [0.4, 0.5) is 0 Å². The molecule has 1 aliphatic heterocycles. The fourth-order valence-electron chi connectivity index (χ4n) is 2.37. The van der Waals surface area contributed by atoms with Gasteiger partial charge in [-0.3, -0.25) is 9.59 Å². The summed E-state index contributed by atoms with van der Waals surface area (Å²) in [6, 6.07) is 2.84. The Morgan fingerprint density at radius 2 is 2.19 bits per heavy atom. The number of piperidine rings is 1. The van der Waals surface area contributed by atoms with Gasteiger partial charge in [0, 0.05) is 26.2 Å². The van der Waals surface area contributed by atoms with Crippen LogP contribution in [0.5, 0.6) is 0 Å². The minimum Gasteiger partial charge on any atom is -0.369 e. The lowest BCUT2D eigenvalue weighted by atomic mass is 9.97. The van der Waals surface area contributed by atoms with Crippen LogP contribution in [0.1, 0.15) is 23.3 Å². The zero-order valence-electron chi connectivity index (χ0n) is 12.1. The summed E-state index contributed by atoms with van der Waals surface area (Å²) in [6.45, 7) is 2.33. The highest BCUT2D eigenvalue weighted by Crippen LogP contribution is 2.18. The molecule has 2 rings (SSSR count). The van der Waals surface area contributed by atoms with Crippen LogP contribution >= 0.6 is 0 Å². The van der Waals surface area contributed by atoms with Crippen LogP contribution in [0.15, 0.2) is 16.9 Å². The van der Waals surface area contributed by atoms with Gasteiger partial charge < -0.3 is 9.64 Å². The average molecular weight is 289 g/mol. The zero-order chi connectivity index (χ0) is 15.2. The van der Waals surface area contributed by atoms with E-state index in [0.29, 0.717) is 37.9 Å². The first-order valence-corrected chi connectivity index (χ1v) is 6.96. The van der Waals surface area contributed by atoms with E-state index in [4.69, 9.17) is 11.2 Å². The number of rotatable bonds is 4. The minimum absolute atomic E-state index is 0.131. The Bertz CT molecular complexity index is 595. The van der Waals surface area contributed by atoms with Gasteiger partial charge in [0.1, 0.15) is 12.3 Å². The third kappa shape index (κ3) is 3.92. The number of aromatic nitrogens is 2. The quantitative estimate of drug-likeness (QED) is 0.590. The van der Waals surface area contributed by atoms with Crippen molar-refractivity contribution in [2.45, 2.75) is 12.8 Å². The van der Waals surface area contributed by atoms with Gasteiger partial charge in [0.25, 0.3) is 11.5 Å². The first kappa shape index (κ1) is 15.3. The number of nitrogens with zero attached hydrogens (tertiary/aromatic N) is 3. The van der Waals surface area contributed by atoms with Gasteiger partial charge in [-0.15, -0.1) is 6.42 Å². The fourth-order valence-corrected chi connectivity index (χ4v) is 2.37. The van der Waals surface area contributed by atoms with Crippen molar-refractivity contribution in [2.24, 2.45) is 13.0 Å². The predicted molar refractivity (Wildman–Crippen MR) is 77.8 cm³/mol. The van der Waals surface area contributed by atoms with Crippen LogP contribution in [0.3, 0.4) is 0 Å². The number of hydrogen-bond donors (Lipinski definition) is 0. The summed E-state index contributed by atoms with van der Waals surface area (Å²) in [5.41, 5.74) is 0.0788. The minimum atomic E-state index is -0.226. The Hall–Kier alpha value is -2.13. The number of terminal acetylenes is 1. The monoisotopic (exact) mass is 289 g/mol. The van der Waals surface area contributed by atoms with Crippen molar-refractivity contribution in [1.29, 1.82) is 0 Å². The third-order valence-corrected chi connectivity index (χ3v) is 3.62.